The van der Waals surface area contributed by atoms with E-state index in [-0.39, 0.29) is 0 Å². The second-order valence-electron chi connectivity index (χ2n) is 6.45. The Morgan fingerprint density at radius 3 is 2.72 bits per heavy atom. The molecule has 9 nitrogen and oxygen atoms in total. The molecule has 0 saturated heterocycles. The number of methoxy groups -OCH3 is 1. The van der Waals surface area contributed by atoms with Gasteiger partial charge in [0.05, 0.1) is 19.9 Å². The van der Waals surface area contributed by atoms with E-state index in [0.29, 0.717) is 24.8 Å². The third-order valence-electron chi connectivity index (χ3n) is 3.09. The molecule has 0 unspecified atom stereocenters. The molecule has 2 aromatic heterocycles. The number of alkyl carbamates (subject to hydrolysis) is 1. The fourth-order valence-electron chi connectivity index (χ4n) is 2.09. The van der Waals surface area contributed by atoms with Crippen LogP contribution in [0.25, 0.3) is 0 Å². The summed E-state index contributed by atoms with van der Waals surface area (Å²) in [4.78, 5) is 15.8. The molecule has 0 bridgehead atoms. The van der Waals surface area contributed by atoms with Crippen LogP contribution in [0.3, 0.4) is 0 Å². The van der Waals surface area contributed by atoms with E-state index in [9.17, 15) is 4.79 Å². The molecule has 0 aromatic carbocycles. The van der Waals surface area contributed by atoms with Gasteiger partial charge in [0.1, 0.15) is 11.4 Å². The van der Waals surface area contributed by atoms with E-state index >= 15 is 0 Å². The van der Waals surface area contributed by atoms with Gasteiger partial charge in [-0.1, -0.05) is 0 Å². The van der Waals surface area contributed by atoms with Gasteiger partial charge in [0.15, 0.2) is 0 Å². The van der Waals surface area contributed by atoms with Gasteiger partial charge in [0.2, 0.25) is 5.88 Å². The molecule has 136 valence electrons. The van der Waals surface area contributed by atoms with E-state index < -0.39 is 11.7 Å². The number of ether oxygens (including phenoxy) is 2. The minimum atomic E-state index is -0.524. The molecule has 4 N–H and O–H groups in total. The van der Waals surface area contributed by atoms with Crippen molar-refractivity contribution in [2.24, 2.45) is 5.84 Å². The van der Waals surface area contributed by atoms with Crippen LogP contribution in [-0.2, 0) is 17.8 Å². The molecule has 0 aliphatic carbocycles. The van der Waals surface area contributed by atoms with Crippen LogP contribution in [0.5, 0.6) is 5.88 Å². The smallest absolute Gasteiger partial charge is 0.407 e. The zero-order valence-electron chi connectivity index (χ0n) is 14.9. The highest BCUT2D eigenvalue weighted by Crippen LogP contribution is 2.16. The van der Waals surface area contributed by atoms with Crippen molar-refractivity contribution in [2.75, 3.05) is 12.5 Å². The average molecular weight is 348 g/mol. The summed E-state index contributed by atoms with van der Waals surface area (Å²) in [6.07, 6.45) is 3.08. The Kier molecular flexibility index (Phi) is 5.81. The summed E-state index contributed by atoms with van der Waals surface area (Å²) < 4.78 is 12.1. The largest absolute Gasteiger partial charge is 0.481 e. The lowest BCUT2D eigenvalue weighted by Gasteiger charge is -2.19. The lowest BCUT2D eigenvalue weighted by Crippen LogP contribution is -2.32. The summed E-state index contributed by atoms with van der Waals surface area (Å²) in [5.41, 5.74) is 3.77. The van der Waals surface area contributed by atoms with Crippen molar-refractivity contribution in [3.8, 4) is 5.88 Å². The first-order valence-corrected chi connectivity index (χ1v) is 7.79. The van der Waals surface area contributed by atoms with E-state index in [2.05, 4.69) is 20.8 Å². The zero-order valence-corrected chi connectivity index (χ0v) is 14.9. The van der Waals surface area contributed by atoms with Crippen LogP contribution >= 0.6 is 0 Å². The molecule has 0 aliphatic heterocycles. The van der Waals surface area contributed by atoms with Crippen LogP contribution in [-0.4, -0.2) is 33.6 Å². The maximum atomic E-state index is 11.7. The van der Waals surface area contributed by atoms with E-state index in [1.807, 2.05) is 33.0 Å². The van der Waals surface area contributed by atoms with Crippen molar-refractivity contribution >= 4 is 11.9 Å². The first-order chi connectivity index (χ1) is 11.8. The number of amides is 1. The number of anilines is 1. The number of nitrogen functional groups attached to an aromatic ring is 1. The highest BCUT2D eigenvalue weighted by atomic mass is 16.6. The minimum Gasteiger partial charge on any atom is -0.481 e. The van der Waals surface area contributed by atoms with Crippen LogP contribution < -0.4 is 21.3 Å². The lowest BCUT2D eigenvalue weighted by molar-refractivity contribution is 0.0523. The van der Waals surface area contributed by atoms with E-state index in [1.54, 1.807) is 24.1 Å². The van der Waals surface area contributed by atoms with E-state index in [1.165, 1.54) is 0 Å². The third kappa shape index (κ3) is 5.96. The number of hydrogen-bond acceptors (Lipinski definition) is 7. The standard InChI is InChI=1S/C16H24N6O3/c1-16(2,3)25-15(23)18-7-12-8-19-22(10-12)9-11-5-13(21-17)20-14(6-11)24-4/h5-6,8,10H,7,9,17H2,1-4H3,(H,18,23)(H,20,21). The molecular weight excluding hydrogens is 324 g/mol. The first-order valence-electron chi connectivity index (χ1n) is 7.79. The number of hydrogen-bond donors (Lipinski definition) is 3. The van der Waals surface area contributed by atoms with Crippen molar-refractivity contribution in [3.05, 3.63) is 35.7 Å². The summed E-state index contributed by atoms with van der Waals surface area (Å²) in [5, 5.41) is 6.98. The number of nitrogens with two attached hydrogens (primary N) is 1. The van der Waals surface area contributed by atoms with Crippen LogP contribution in [0.1, 0.15) is 31.9 Å². The Labute approximate surface area is 146 Å². The third-order valence-corrected chi connectivity index (χ3v) is 3.09. The van der Waals surface area contributed by atoms with Crippen molar-refractivity contribution in [2.45, 2.75) is 39.5 Å². The summed E-state index contributed by atoms with van der Waals surface area (Å²) in [5.74, 6) is 6.38. The Balaban J connectivity index is 1.96. The van der Waals surface area contributed by atoms with Crippen molar-refractivity contribution in [3.63, 3.8) is 0 Å². The molecule has 0 fully saturated rings. The number of nitrogens with one attached hydrogen (secondary N) is 2. The highest BCUT2D eigenvalue weighted by Gasteiger charge is 2.15. The average Bonchev–Trinajstić information content (AvgIpc) is 2.98. The Hall–Kier alpha value is -2.81. The molecule has 2 aromatic rings. The van der Waals surface area contributed by atoms with Crippen molar-refractivity contribution in [1.82, 2.24) is 20.1 Å². The van der Waals surface area contributed by atoms with Gasteiger partial charge in [-0.15, -0.1) is 0 Å². The molecule has 2 rings (SSSR count). The summed E-state index contributed by atoms with van der Waals surface area (Å²) in [7, 11) is 1.54. The molecular formula is C16H24N6O3. The van der Waals surface area contributed by atoms with Gasteiger partial charge >= 0.3 is 6.09 Å². The molecule has 25 heavy (non-hydrogen) atoms. The Morgan fingerprint density at radius 1 is 1.32 bits per heavy atom. The van der Waals surface area contributed by atoms with Gasteiger partial charge < -0.3 is 20.2 Å². The highest BCUT2D eigenvalue weighted by molar-refractivity contribution is 5.67. The van der Waals surface area contributed by atoms with Gasteiger partial charge in [0.25, 0.3) is 0 Å². The molecule has 1 amide bonds. The summed E-state index contributed by atoms with van der Waals surface area (Å²) in [6, 6.07) is 3.62. The monoisotopic (exact) mass is 348 g/mol. The molecule has 2 heterocycles. The number of aromatic nitrogens is 3. The number of hydrazine groups is 1. The summed E-state index contributed by atoms with van der Waals surface area (Å²) >= 11 is 0. The predicted molar refractivity (Wildman–Crippen MR) is 93.0 cm³/mol. The SMILES string of the molecule is COc1cc(Cn2cc(CNC(=O)OC(C)(C)C)cn2)cc(NN)n1. The van der Waals surface area contributed by atoms with Crippen molar-refractivity contribution < 1.29 is 14.3 Å². The van der Waals surface area contributed by atoms with Crippen molar-refractivity contribution in [1.29, 1.82) is 0 Å². The van der Waals surface area contributed by atoms with Gasteiger partial charge in [-0.2, -0.15) is 10.1 Å². The Bertz CT molecular complexity index is 701. The maximum absolute atomic E-state index is 11.7. The van der Waals surface area contributed by atoms with Crippen LogP contribution in [0.4, 0.5) is 10.6 Å². The number of nitrogens with zero attached hydrogens (tertiary/aromatic N) is 3. The van der Waals surface area contributed by atoms with E-state index in [0.717, 1.165) is 11.1 Å². The molecule has 0 aliphatic rings. The van der Waals surface area contributed by atoms with Gasteiger partial charge in [-0.25, -0.2) is 10.6 Å². The number of rotatable bonds is 6. The second kappa shape index (κ2) is 7.84. The number of carbonyl (C=O) groups is 1. The van der Waals surface area contributed by atoms with Gasteiger partial charge in [-0.05, 0) is 32.4 Å². The zero-order chi connectivity index (χ0) is 18.4. The second-order valence-corrected chi connectivity index (χ2v) is 6.45. The summed E-state index contributed by atoms with van der Waals surface area (Å²) in [6.45, 7) is 6.30. The topological polar surface area (TPSA) is 116 Å². The first kappa shape index (κ1) is 18.5. The number of pyridine rings is 1. The molecule has 0 radical (unpaired) electrons. The molecule has 0 spiro atoms. The molecule has 0 atom stereocenters. The fourth-order valence-corrected chi connectivity index (χ4v) is 2.09. The quantitative estimate of drug-likeness (QED) is 0.537. The number of carbonyl (C=O) groups excluding carboxylic acids is 1. The Morgan fingerprint density at radius 2 is 2.08 bits per heavy atom. The maximum Gasteiger partial charge on any atom is 0.407 e. The predicted octanol–water partition coefficient (Wildman–Crippen LogP) is 1.65. The molecule has 9 heteroatoms. The normalized spacial score (nSPS) is 11.1. The minimum absolute atomic E-state index is 0.337. The van der Waals surface area contributed by atoms with Crippen LogP contribution in [0.15, 0.2) is 24.5 Å². The van der Waals surface area contributed by atoms with Crippen LogP contribution in [0.2, 0.25) is 0 Å². The van der Waals surface area contributed by atoms with Gasteiger partial charge in [0, 0.05) is 24.4 Å². The lowest BCUT2D eigenvalue weighted by atomic mass is 10.2. The fraction of sp³-hybridized carbons (Fsp3) is 0.438. The van der Waals surface area contributed by atoms with Crippen LogP contribution in [0, 0.1) is 0 Å². The van der Waals surface area contributed by atoms with Gasteiger partial charge in [-0.3, -0.25) is 4.68 Å². The molecule has 0 saturated carbocycles. The van der Waals surface area contributed by atoms with E-state index in [4.69, 9.17) is 15.3 Å².